The summed E-state index contributed by atoms with van der Waals surface area (Å²) >= 11 is 0. The van der Waals surface area contributed by atoms with Crippen LogP contribution < -0.4 is 0 Å². The van der Waals surface area contributed by atoms with Gasteiger partial charge < -0.3 is 21.9 Å². The molecule has 0 rings (SSSR count). The van der Waals surface area contributed by atoms with E-state index < -0.39 is 0 Å². The maximum atomic E-state index is 0. The van der Waals surface area contributed by atoms with Gasteiger partial charge in [0.15, 0.2) is 0 Å². The molecule has 4 nitrogen and oxygen atoms in total. The predicted octanol–water partition coefficient (Wildman–Crippen LogP) is -0.480. The molecule has 6 heteroatoms. The fraction of sp³-hybridized carbons (Fsp3) is 0. The topological polar surface area (TPSA) is 114 Å². The van der Waals surface area contributed by atoms with Crippen LogP contribution in [0.4, 0.5) is 0 Å². The second-order valence-electron chi connectivity index (χ2n) is 0. The van der Waals surface area contributed by atoms with Crippen LogP contribution in [0.3, 0.4) is 0 Å². The van der Waals surface area contributed by atoms with Crippen molar-refractivity contribution in [2.75, 3.05) is 0 Å². The second-order valence-corrected chi connectivity index (χ2v) is 0. The largest absolute Gasteiger partial charge is 4.00 e. The monoisotopic (exact) mass is 168 g/mol. The third-order valence-corrected chi connectivity index (χ3v) is 0. The van der Waals surface area contributed by atoms with Crippen LogP contribution in [0.15, 0.2) is 0 Å². The van der Waals surface area contributed by atoms with Crippen LogP contribution in [-0.4, -0.2) is 0 Å². The molecule has 0 spiro atoms. The van der Waals surface area contributed by atoms with Gasteiger partial charge in [0, 0.05) is 0 Å². The first-order chi connectivity index (χ1) is 0. The Bertz CT molecular complexity index is 5.51. The molecule has 0 fully saturated rings. The molecule has 0 aliphatic carbocycles. The summed E-state index contributed by atoms with van der Waals surface area (Å²) < 4.78 is 0. The average molecular weight is 168 g/mol. The average Bonchev–Trinajstić information content (AvgIpc) is 0. The van der Waals surface area contributed by atoms with E-state index in [1.165, 1.54) is 0 Å². The van der Waals surface area contributed by atoms with E-state index in [-0.39, 0.29) is 56.6 Å². The zero-order valence-corrected chi connectivity index (χ0v) is 5.00. The predicted molar refractivity (Wildman–Crippen MR) is 2.75 cm³/mol. The number of hydrogen-bond acceptors (Lipinski definition) is 0. The molecule has 0 unspecified atom stereocenters. The molecule has 0 saturated carbocycles. The Balaban J connectivity index is 0. The van der Waals surface area contributed by atoms with Gasteiger partial charge in [0.1, 0.15) is 0 Å². The van der Waals surface area contributed by atoms with Crippen molar-refractivity contribution < 1.29 is 56.6 Å². The summed E-state index contributed by atoms with van der Waals surface area (Å²) in [6.07, 6.45) is 0. The molecule has 0 radical (unpaired) electrons. The van der Waals surface area contributed by atoms with Gasteiger partial charge in [-0.1, -0.05) is 0 Å². The van der Waals surface area contributed by atoms with E-state index in [1.807, 2.05) is 0 Å². The van der Waals surface area contributed by atoms with E-state index in [0.29, 0.717) is 0 Å². The summed E-state index contributed by atoms with van der Waals surface area (Å²) in [4.78, 5) is 0. The molecule has 0 aromatic rings. The van der Waals surface area contributed by atoms with Crippen LogP contribution in [0.2, 0.25) is 0 Å². The minimum absolute atomic E-state index is 0. The Morgan fingerprint density at radius 3 is 0.333 bits per heavy atom. The Morgan fingerprint density at radius 2 is 0.333 bits per heavy atom. The summed E-state index contributed by atoms with van der Waals surface area (Å²) in [7, 11) is 0. The normalized spacial score (nSPS) is 0. The summed E-state index contributed by atoms with van der Waals surface area (Å²) in [5.41, 5.74) is 0. The van der Waals surface area contributed by atoms with Gasteiger partial charge in [-0.25, -0.2) is 0 Å². The van der Waals surface area contributed by atoms with E-state index >= 15 is 0 Å². The number of hydrogen-bond donors (Lipinski definition) is 0. The zero-order valence-electron chi connectivity index (χ0n) is 2.45. The molecule has 0 saturated heterocycles. The van der Waals surface area contributed by atoms with Crippen molar-refractivity contribution in [2.45, 2.75) is 0 Å². The van der Waals surface area contributed by atoms with Crippen LogP contribution in [-0.2, 0) is 56.6 Å². The molecule has 0 atom stereocenters. The molecule has 6 heavy (non-hydrogen) atoms. The molecule has 0 amide bonds. The quantitative estimate of drug-likeness (QED) is 0.464. The molecule has 0 bridgehead atoms. The van der Waals surface area contributed by atoms with Gasteiger partial charge in [0.2, 0.25) is 0 Å². The van der Waals surface area contributed by atoms with Crippen molar-refractivity contribution in [2.24, 2.45) is 0 Å². The van der Waals surface area contributed by atoms with Crippen molar-refractivity contribution in [1.29, 1.82) is 0 Å². The van der Waals surface area contributed by atoms with E-state index in [9.17, 15) is 0 Å². The maximum Gasteiger partial charge on any atom is 4.00 e. The standard InChI is InChI=1S/2Cr.4O/q2*+4;4*-2. The van der Waals surface area contributed by atoms with Crippen molar-refractivity contribution in [3.63, 3.8) is 0 Å². The van der Waals surface area contributed by atoms with Gasteiger partial charge in [0.05, 0.1) is 0 Å². The summed E-state index contributed by atoms with van der Waals surface area (Å²) in [5, 5.41) is 0. The van der Waals surface area contributed by atoms with Crippen LogP contribution in [0.1, 0.15) is 0 Å². The molecule has 0 aliphatic rings. The van der Waals surface area contributed by atoms with Gasteiger partial charge in [-0.15, -0.1) is 0 Å². The Hall–Kier alpha value is 0.905. The van der Waals surface area contributed by atoms with Gasteiger partial charge in [-0.05, 0) is 0 Å². The van der Waals surface area contributed by atoms with Crippen molar-refractivity contribution in [1.82, 2.24) is 0 Å². The third-order valence-electron chi connectivity index (χ3n) is 0. The van der Waals surface area contributed by atoms with Gasteiger partial charge in [-0.2, -0.15) is 0 Å². The summed E-state index contributed by atoms with van der Waals surface area (Å²) in [6.45, 7) is 0. The van der Waals surface area contributed by atoms with Gasteiger partial charge in [-0.3, -0.25) is 0 Å². The number of rotatable bonds is 0. The van der Waals surface area contributed by atoms with Crippen LogP contribution >= 0.6 is 0 Å². The molecule has 0 aliphatic heterocycles. The molecule has 0 N–H and O–H groups in total. The Kier molecular flexibility index (Phi) is 8500. The summed E-state index contributed by atoms with van der Waals surface area (Å²) in [5.74, 6) is 0. The van der Waals surface area contributed by atoms with Crippen LogP contribution in [0.25, 0.3) is 0 Å². The van der Waals surface area contributed by atoms with Crippen molar-refractivity contribution in [3.05, 3.63) is 0 Å². The molecular formula is Cr2O4. The molecule has 0 heterocycles. The first-order valence-electron chi connectivity index (χ1n) is 0. The molecular weight excluding hydrogens is 168 g/mol. The van der Waals surface area contributed by atoms with Crippen molar-refractivity contribution in [3.8, 4) is 0 Å². The van der Waals surface area contributed by atoms with Gasteiger partial charge in [0.25, 0.3) is 0 Å². The van der Waals surface area contributed by atoms with Crippen LogP contribution in [0, 0.1) is 0 Å². The van der Waals surface area contributed by atoms with E-state index in [2.05, 4.69) is 0 Å². The van der Waals surface area contributed by atoms with Crippen molar-refractivity contribution >= 4 is 0 Å². The fourth-order valence-corrected chi connectivity index (χ4v) is 0. The molecule has 0 aromatic carbocycles. The smallest absolute Gasteiger partial charge is 2.00 e. The minimum atomic E-state index is 0. The Morgan fingerprint density at radius 1 is 0.333 bits per heavy atom. The summed E-state index contributed by atoms with van der Waals surface area (Å²) in [6, 6.07) is 0. The van der Waals surface area contributed by atoms with E-state index in [1.54, 1.807) is 0 Å². The second kappa shape index (κ2) is 173. The first kappa shape index (κ1) is 294. The van der Waals surface area contributed by atoms with Gasteiger partial charge >= 0.3 is 34.7 Å². The first-order valence-corrected chi connectivity index (χ1v) is 0. The third kappa shape index (κ3) is 91.3. The minimum Gasteiger partial charge on any atom is -2.00 e. The van der Waals surface area contributed by atoms with E-state index in [0.717, 1.165) is 0 Å². The van der Waals surface area contributed by atoms with Crippen LogP contribution in [0.5, 0.6) is 0 Å². The molecule has 0 aromatic heterocycles. The fourth-order valence-electron chi connectivity index (χ4n) is 0. The molecule has 36 valence electrons. The maximum absolute atomic E-state index is 0. The SMILES string of the molecule is [Cr+4].[Cr+4].[O-2].[O-2].[O-2].[O-2]. The van der Waals surface area contributed by atoms with E-state index in [4.69, 9.17) is 0 Å². The Labute approximate surface area is 57.0 Å². The zero-order chi connectivity index (χ0) is 0.